The van der Waals surface area contributed by atoms with Gasteiger partial charge in [0, 0.05) is 24.9 Å². The van der Waals surface area contributed by atoms with E-state index in [0.29, 0.717) is 18.6 Å². The second-order valence-corrected chi connectivity index (χ2v) is 7.79. The number of halogens is 6. The molecule has 1 saturated heterocycles. The Kier molecular flexibility index (Phi) is 5.37. The largest absolute Gasteiger partial charge is 0.416 e. The molecule has 2 bridgehead atoms. The van der Waals surface area contributed by atoms with Crippen LogP contribution in [0.1, 0.15) is 23.1 Å². The van der Waals surface area contributed by atoms with Crippen LogP contribution in [-0.4, -0.2) is 52.3 Å². The van der Waals surface area contributed by atoms with Crippen molar-refractivity contribution in [2.24, 2.45) is 11.0 Å². The van der Waals surface area contributed by atoms with E-state index in [1.807, 2.05) is 6.08 Å². The predicted octanol–water partition coefficient (Wildman–Crippen LogP) is 2.92. The van der Waals surface area contributed by atoms with Gasteiger partial charge in [-0.1, -0.05) is 12.2 Å². The Morgan fingerprint density at radius 2 is 1.73 bits per heavy atom. The molecule has 176 valence electrons. The Hall–Kier alpha value is -3.51. The average molecular weight is 473 g/mol. The number of benzene rings is 1. The second kappa shape index (κ2) is 7.81. The van der Waals surface area contributed by atoms with Crippen LogP contribution in [0.3, 0.4) is 0 Å². The quantitative estimate of drug-likeness (QED) is 0.415. The second-order valence-electron chi connectivity index (χ2n) is 7.79. The van der Waals surface area contributed by atoms with Gasteiger partial charge in [0.1, 0.15) is 6.67 Å². The minimum atomic E-state index is -4.98. The number of carbonyl (C=O) groups is 2. The van der Waals surface area contributed by atoms with Crippen LogP contribution in [0.2, 0.25) is 0 Å². The first kappa shape index (κ1) is 22.7. The van der Waals surface area contributed by atoms with Crippen molar-refractivity contribution in [2.45, 2.75) is 24.8 Å². The number of rotatable bonds is 4. The van der Waals surface area contributed by atoms with E-state index in [9.17, 15) is 35.9 Å². The number of fused-ring (bicyclic) bond motifs is 2. The van der Waals surface area contributed by atoms with Crippen LogP contribution in [0.25, 0.3) is 0 Å². The van der Waals surface area contributed by atoms with E-state index in [-0.39, 0.29) is 42.0 Å². The van der Waals surface area contributed by atoms with Gasteiger partial charge in [-0.15, -0.1) is 0 Å². The van der Waals surface area contributed by atoms with Gasteiger partial charge >= 0.3 is 12.4 Å². The number of amides is 2. The summed E-state index contributed by atoms with van der Waals surface area (Å²) in [6, 6.07) is 1.01. The average Bonchev–Trinajstić information content (AvgIpc) is 3.41. The third-order valence-corrected chi connectivity index (χ3v) is 5.36. The molecule has 13 heteroatoms. The number of alkyl halides is 6. The molecule has 1 aromatic carbocycles. The Labute approximate surface area is 183 Å². The lowest BCUT2D eigenvalue weighted by molar-refractivity contribution is -0.143. The molecule has 1 N–H and O–H groups in total. The number of hydrogen-bond donors (Lipinski definition) is 1. The van der Waals surface area contributed by atoms with Gasteiger partial charge in [0.2, 0.25) is 5.91 Å². The van der Waals surface area contributed by atoms with Crippen molar-refractivity contribution in [1.29, 1.82) is 0 Å². The van der Waals surface area contributed by atoms with Gasteiger partial charge in [0.15, 0.2) is 5.84 Å². The summed E-state index contributed by atoms with van der Waals surface area (Å²) in [7, 11) is 1.44. The van der Waals surface area contributed by atoms with Crippen molar-refractivity contribution in [2.75, 3.05) is 13.7 Å². The maximum Gasteiger partial charge on any atom is 0.416 e. The van der Waals surface area contributed by atoms with Crippen LogP contribution in [-0.2, 0) is 21.9 Å². The van der Waals surface area contributed by atoms with Crippen molar-refractivity contribution < 1.29 is 35.9 Å². The fourth-order valence-corrected chi connectivity index (χ4v) is 3.80. The minimum Gasteiger partial charge on any atom is -0.338 e. The third kappa shape index (κ3) is 4.52. The van der Waals surface area contributed by atoms with E-state index in [4.69, 9.17) is 0 Å². The zero-order valence-electron chi connectivity index (χ0n) is 17.0. The van der Waals surface area contributed by atoms with Crippen molar-refractivity contribution in [3.63, 3.8) is 0 Å². The smallest absolute Gasteiger partial charge is 0.338 e. The van der Waals surface area contributed by atoms with Gasteiger partial charge in [-0.05, 0) is 24.6 Å². The van der Waals surface area contributed by atoms with E-state index in [1.54, 1.807) is 6.08 Å². The lowest BCUT2D eigenvalue weighted by Gasteiger charge is -2.23. The maximum atomic E-state index is 13.1. The van der Waals surface area contributed by atoms with Crippen LogP contribution >= 0.6 is 0 Å². The number of nitrogens with zero attached hydrogens (tertiary/aromatic N) is 4. The van der Waals surface area contributed by atoms with Crippen molar-refractivity contribution >= 4 is 17.6 Å². The van der Waals surface area contributed by atoms with Crippen LogP contribution in [0, 0.1) is 5.92 Å². The Morgan fingerprint density at radius 1 is 1.09 bits per heavy atom. The van der Waals surface area contributed by atoms with Crippen LogP contribution in [0.5, 0.6) is 0 Å². The number of hydrazone groups is 1. The molecule has 3 aliphatic rings. The number of nitrogens with one attached hydrogen (secondary N) is 1. The van der Waals surface area contributed by atoms with Crippen molar-refractivity contribution in [3.8, 4) is 0 Å². The molecule has 0 radical (unpaired) electrons. The monoisotopic (exact) mass is 473 g/mol. The molecule has 1 fully saturated rings. The molecule has 4 rings (SSSR count). The highest BCUT2D eigenvalue weighted by atomic mass is 19.4. The van der Waals surface area contributed by atoms with Gasteiger partial charge in [-0.3, -0.25) is 20.0 Å². The summed E-state index contributed by atoms with van der Waals surface area (Å²) >= 11 is 0. The van der Waals surface area contributed by atoms with E-state index in [0.717, 1.165) is 6.08 Å². The molecule has 2 amide bonds. The summed E-state index contributed by atoms with van der Waals surface area (Å²) < 4.78 is 78.8. The van der Waals surface area contributed by atoms with Gasteiger partial charge in [-0.2, -0.15) is 31.4 Å². The SMILES string of the molecule is CN1CN(/C=C\C(=O)NN2C(=O)[C@H]3C=C[C@@H]2C3)N=C1c1cc(C(F)(F)F)cc(C(F)(F)F)c1. The molecule has 2 heterocycles. The Balaban J connectivity index is 1.52. The van der Waals surface area contributed by atoms with E-state index >= 15 is 0 Å². The number of amidine groups is 1. The van der Waals surface area contributed by atoms with E-state index in [2.05, 4.69) is 10.5 Å². The number of hydrazine groups is 1. The first-order valence-corrected chi connectivity index (χ1v) is 9.69. The highest BCUT2D eigenvalue weighted by molar-refractivity contribution is 5.99. The Morgan fingerprint density at radius 3 is 2.27 bits per heavy atom. The maximum absolute atomic E-state index is 13.1. The zero-order valence-corrected chi connectivity index (χ0v) is 17.0. The number of carbonyl (C=O) groups excluding carboxylic acids is 2. The summed E-state index contributed by atoms with van der Waals surface area (Å²) in [5.74, 6) is -1.24. The zero-order chi connectivity index (χ0) is 24.1. The molecular formula is C20H17F6N5O2. The minimum absolute atomic E-state index is 0.0210. The highest BCUT2D eigenvalue weighted by Crippen LogP contribution is 2.37. The van der Waals surface area contributed by atoms with Gasteiger partial charge in [0.25, 0.3) is 5.91 Å². The molecule has 2 atom stereocenters. The molecular weight excluding hydrogens is 456 g/mol. The van der Waals surface area contributed by atoms with Crippen molar-refractivity contribution in [3.05, 3.63) is 59.3 Å². The summed E-state index contributed by atoms with van der Waals surface area (Å²) in [5.41, 5.74) is -0.813. The topological polar surface area (TPSA) is 68.2 Å². The van der Waals surface area contributed by atoms with Crippen LogP contribution < -0.4 is 5.43 Å². The van der Waals surface area contributed by atoms with Gasteiger partial charge in [0.05, 0.1) is 23.1 Å². The van der Waals surface area contributed by atoms with E-state index < -0.39 is 29.4 Å². The van der Waals surface area contributed by atoms with Crippen LogP contribution in [0.4, 0.5) is 26.3 Å². The highest BCUT2D eigenvalue weighted by Gasteiger charge is 2.42. The van der Waals surface area contributed by atoms with Gasteiger partial charge in [-0.25, -0.2) is 5.01 Å². The van der Waals surface area contributed by atoms with Crippen molar-refractivity contribution in [1.82, 2.24) is 20.3 Å². The summed E-state index contributed by atoms with van der Waals surface area (Å²) in [6.07, 6.45) is -3.50. The molecule has 2 aliphatic heterocycles. The molecule has 7 nitrogen and oxygen atoms in total. The van der Waals surface area contributed by atoms with Gasteiger partial charge < -0.3 is 4.90 Å². The fourth-order valence-electron chi connectivity index (χ4n) is 3.80. The first-order valence-electron chi connectivity index (χ1n) is 9.69. The van der Waals surface area contributed by atoms with E-state index in [1.165, 1.54) is 28.2 Å². The standard InChI is InChI=1S/C20H17F6N5O2/c1-29-10-30(5-4-16(32)27-31-15-3-2-11(8-15)18(31)33)28-17(29)12-6-13(19(21,22)23)9-14(7-12)20(24,25)26/h2-7,9,11,15H,8,10H2,1H3,(H,27,32)/b5-4-/t11-,15+/m0/s1. The van der Waals surface area contributed by atoms with Crippen LogP contribution in [0.15, 0.2) is 47.7 Å². The lowest BCUT2D eigenvalue weighted by Crippen LogP contribution is -2.48. The molecule has 1 aromatic rings. The third-order valence-electron chi connectivity index (χ3n) is 5.36. The molecule has 0 unspecified atom stereocenters. The fraction of sp³-hybridized carbons (Fsp3) is 0.350. The molecule has 0 spiro atoms. The normalized spacial score (nSPS) is 22.7. The molecule has 0 aromatic heterocycles. The summed E-state index contributed by atoms with van der Waals surface area (Å²) in [6.45, 7) is -0.0210. The first-order chi connectivity index (χ1) is 15.3. The summed E-state index contributed by atoms with van der Waals surface area (Å²) in [4.78, 5) is 25.5. The predicted molar refractivity (Wildman–Crippen MR) is 103 cm³/mol. The molecule has 1 aliphatic carbocycles. The molecule has 0 saturated carbocycles. The number of hydrogen-bond acceptors (Lipinski definition) is 5. The lowest BCUT2D eigenvalue weighted by atomic mass is 10.0. The molecule has 33 heavy (non-hydrogen) atoms. The Bertz CT molecular complexity index is 1050. The summed E-state index contributed by atoms with van der Waals surface area (Å²) in [5, 5.41) is 6.43.